The first-order chi connectivity index (χ1) is 9.68. The van der Waals surface area contributed by atoms with E-state index in [1.807, 2.05) is 23.9 Å². The van der Waals surface area contributed by atoms with Crippen molar-refractivity contribution in [2.45, 2.75) is 38.0 Å². The van der Waals surface area contributed by atoms with Crippen LogP contribution in [0.3, 0.4) is 0 Å². The Morgan fingerprint density at radius 3 is 3.00 bits per heavy atom. The van der Waals surface area contributed by atoms with Crippen LogP contribution in [0.5, 0.6) is 0 Å². The minimum Gasteiger partial charge on any atom is -0.385 e. The summed E-state index contributed by atoms with van der Waals surface area (Å²) in [6, 6.07) is 6.39. The minimum absolute atomic E-state index is 0. The van der Waals surface area contributed by atoms with Crippen molar-refractivity contribution in [1.82, 2.24) is 4.90 Å². The molecule has 0 saturated carbocycles. The van der Waals surface area contributed by atoms with E-state index in [4.69, 9.17) is 0 Å². The maximum atomic E-state index is 12.9. The van der Waals surface area contributed by atoms with Crippen LogP contribution in [-0.2, 0) is 6.42 Å². The molecule has 1 amide bonds. The predicted molar refractivity (Wildman–Crippen MR) is 92.9 cm³/mol. The molecular formula is C16H23ClN2OS. The number of hydrogen-bond donors (Lipinski definition) is 1. The van der Waals surface area contributed by atoms with E-state index in [2.05, 4.69) is 30.1 Å². The molecule has 116 valence electrons. The summed E-state index contributed by atoms with van der Waals surface area (Å²) >= 11 is 1.97. The van der Waals surface area contributed by atoms with Crippen molar-refractivity contribution < 1.29 is 4.79 Å². The Hall–Kier alpha value is -0.870. The molecule has 1 fully saturated rings. The maximum absolute atomic E-state index is 12.9. The second kappa shape index (κ2) is 6.93. The van der Waals surface area contributed by atoms with Crippen LogP contribution in [0.15, 0.2) is 18.2 Å². The van der Waals surface area contributed by atoms with Gasteiger partial charge in [0, 0.05) is 41.4 Å². The highest BCUT2D eigenvalue weighted by atomic mass is 35.5. The molecular weight excluding hydrogens is 304 g/mol. The van der Waals surface area contributed by atoms with Crippen LogP contribution in [0.1, 0.15) is 36.2 Å². The molecule has 0 spiro atoms. The van der Waals surface area contributed by atoms with Gasteiger partial charge in [-0.05, 0) is 37.5 Å². The quantitative estimate of drug-likeness (QED) is 0.858. The summed E-state index contributed by atoms with van der Waals surface area (Å²) in [5.74, 6) is 1.26. The fraction of sp³-hybridized carbons (Fsp3) is 0.562. The van der Waals surface area contributed by atoms with Gasteiger partial charge in [0.15, 0.2) is 0 Å². The minimum atomic E-state index is 0. The Balaban J connectivity index is 0.00000161. The normalized spacial score (nSPS) is 24.6. The number of nitrogens with zero attached hydrogens (tertiary/aromatic N) is 1. The Morgan fingerprint density at radius 1 is 1.38 bits per heavy atom. The van der Waals surface area contributed by atoms with Crippen molar-refractivity contribution in [3.05, 3.63) is 29.3 Å². The third kappa shape index (κ3) is 3.16. The van der Waals surface area contributed by atoms with Crippen molar-refractivity contribution >= 4 is 35.8 Å². The third-order valence-corrected chi connectivity index (χ3v) is 5.81. The summed E-state index contributed by atoms with van der Waals surface area (Å²) in [6.45, 7) is 6.27. The summed E-state index contributed by atoms with van der Waals surface area (Å²) in [4.78, 5) is 15.0. The molecule has 5 heteroatoms. The molecule has 1 aromatic carbocycles. The lowest BCUT2D eigenvalue weighted by Crippen LogP contribution is -2.48. The molecule has 1 aromatic rings. The Morgan fingerprint density at radius 2 is 2.19 bits per heavy atom. The van der Waals surface area contributed by atoms with Gasteiger partial charge in [-0.3, -0.25) is 4.79 Å². The zero-order valence-corrected chi connectivity index (χ0v) is 14.2. The van der Waals surface area contributed by atoms with Crippen molar-refractivity contribution in [3.8, 4) is 0 Å². The van der Waals surface area contributed by atoms with Gasteiger partial charge in [-0.15, -0.1) is 12.4 Å². The van der Waals surface area contributed by atoms with E-state index >= 15 is 0 Å². The van der Waals surface area contributed by atoms with E-state index in [0.717, 1.165) is 42.9 Å². The van der Waals surface area contributed by atoms with Gasteiger partial charge in [0.05, 0.1) is 0 Å². The zero-order valence-electron chi connectivity index (χ0n) is 12.6. The van der Waals surface area contributed by atoms with Crippen molar-refractivity contribution in [2.75, 3.05) is 24.2 Å². The van der Waals surface area contributed by atoms with E-state index in [-0.39, 0.29) is 18.3 Å². The third-order valence-electron chi connectivity index (χ3n) is 4.47. The van der Waals surface area contributed by atoms with Crippen LogP contribution >= 0.6 is 24.2 Å². The first-order valence-electron chi connectivity index (χ1n) is 7.47. The van der Waals surface area contributed by atoms with Gasteiger partial charge < -0.3 is 10.2 Å². The summed E-state index contributed by atoms with van der Waals surface area (Å²) in [5, 5.41) is 3.92. The summed E-state index contributed by atoms with van der Waals surface area (Å²) < 4.78 is 0. The van der Waals surface area contributed by atoms with E-state index in [1.54, 1.807) is 0 Å². The van der Waals surface area contributed by atoms with Gasteiger partial charge in [0.2, 0.25) is 0 Å². The average Bonchev–Trinajstić information content (AvgIpc) is 2.49. The van der Waals surface area contributed by atoms with Crippen LogP contribution < -0.4 is 5.32 Å². The molecule has 0 radical (unpaired) electrons. The van der Waals surface area contributed by atoms with E-state index in [9.17, 15) is 4.79 Å². The molecule has 3 nitrogen and oxygen atoms in total. The summed E-state index contributed by atoms with van der Waals surface area (Å²) in [6.07, 6.45) is 2.12. The fourth-order valence-corrected chi connectivity index (χ4v) is 4.18. The molecule has 0 bridgehead atoms. The predicted octanol–water partition coefficient (Wildman–Crippen LogP) is 3.43. The Labute approximate surface area is 137 Å². The number of rotatable bonds is 1. The molecule has 2 unspecified atom stereocenters. The number of carbonyl (C=O) groups is 1. The lowest BCUT2D eigenvalue weighted by atomic mass is 9.96. The number of halogens is 1. The molecule has 0 aromatic heterocycles. The van der Waals surface area contributed by atoms with Gasteiger partial charge in [0.1, 0.15) is 0 Å². The van der Waals surface area contributed by atoms with E-state index in [0.29, 0.717) is 11.3 Å². The van der Waals surface area contributed by atoms with Gasteiger partial charge in [-0.2, -0.15) is 11.8 Å². The second-order valence-corrected chi connectivity index (χ2v) is 7.16. The molecule has 0 aliphatic carbocycles. The first-order valence-corrected chi connectivity index (χ1v) is 8.51. The largest absolute Gasteiger partial charge is 0.385 e. The fourth-order valence-electron chi connectivity index (χ4n) is 3.08. The molecule has 2 atom stereocenters. The highest BCUT2D eigenvalue weighted by Gasteiger charge is 2.31. The van der Waals surface area contributed by atoms with Crippen LogP contribution in [-0.4, -0.2) is 40.9 Å². The van der Waals surface area contributed by atoms with Crippen molar-refractivity contribution in [2.24, 2.45) is 0 Å². The van der Waals surface area contributed by atoms with Crippen LogP contribution in [0.2, 0.25) is 0 Å². The van der Waals surface area contributed by atoms with Gasteiger partial charge in [-0.1, -0.05) is 13.0 Å². The first kappa shape index (κ1) is 16.5. The monoisotopic (exact) mass is 326 g/mol. The maximum Gasteiger partial charge on any atom is 0.254 e. The Bertz CT molecular complexity index is 523. The molecule has 21 heavy (non-hydrogen) atoms. The number of nitrogens with one attached hydrogen (secondary N) is 1. The second-order valence-electron chi connectivity index (χ2n) is 5.68. The lowest BCUT2D eigenvalue weighted by Gasteiger charge is -2.38. The smallest absolute Gasteiger partial charge is 0.254 e. The Kier molecular flexibility index (Phi) is 5.44. The topological polar surface area (TPSA) is 32.3 Å². The number of thioether (sulfide) groups is 1. The van der Waals surface area contributed by atoms with E-state index in [1.165, 1.54) is 5.56 Å². The van der Waals surface area contributed by atoms with Crippen molar-refractivity contribution in [3.63, 3.8) is 0 Å². The SMILES string of the molecule is CC1SCCN(C(=O)c2cccc3c2CCCN3)C1C.Cl. The van der Waals surface area contributed by atoms with Gasteiger partial charge in [-0.25, -0.2) is 0 Å². The lowest BCUT2D eigenvalue weighted by molar-refractivity contribution is 0.0697. The number of carbonyl (C=O) groups excluding carboxylic acids is 1. The van der Waals surface area contributed by atoms with Crippen LogP contribution in [0.4, 0.5) is 5.69 Å². The number of benzene rings is 1. The van der Waals surface area contributed by atoms with Crippen LogP contribution in [0.25, 0.3) is 0 Å². The zero-order chi connectivity index (χ0) is 14.1. The van der Waals surface area contributed by atoms with Crippen molar-refractivity contribution in [1.29, 1.82) is 0 Å². The highest BCUT2D eigenvalue weighted by molar-refractivity contribution is 8.00. The van der Waals surface area contributed by atoms with Gasteiger partial charge >= 0.3 is 0 Å². The van der Waals surface area contributed by atoms with Crippen LogP contribution in [0, 0.1) is 0 Å². The molecule has 3 rings (SSSR count). The molecule has 2 aliphatic heterocycles. The molecule has 1 N–H and O–H groups in total. The van der Waals surface area contributed by atoms with Gasteiger partial charge in [0.25, 0.3) is 5.91 Å². The van der Waals surface area contributed by atoms with E-state index < -0.39 is 0 Å². The number of anilines is 1. The number of hydrogen-bond acceptors (Lipinski definition) is 3. The number of fused-ring (bicyclic) bond motifs is 1. The molecule has 2 aliphatic rings. The highest BCUT2D eigenvalue weighted by Crippen LogP contribution is 2.30. The summed E-state index contributed by atoms with van der Waals surface area (Å²) in [7, 11) is 0. The molecule has 2 heterocycles. The number of amides is 1. The standard InChI is InChI=1S/C16H22N2OS.ClH/c1-11-12(2)20-10-9-18(11)16(19)14-5-3-7-15-13(14)6-4-8-17-15;/h3,5,7,11-12,17H,4,6,8-10H2,1-2H3;1H. The summed E-state index contributed by atoms with van der Waals surface area (Å²) in [5.41, 5.74) is 3.26. The molecule has 1 saturated heterocycles. The average molecular weight is 327 g/mol.